The number of amides is 1. The van der Waals surface area contributed by atoms with Crippen molar-refractivity contribution in [2.75, 3.05) is 6.54 Å². The first-order valence-corrected chi connectivity index (χ1v) is 17.1. The second-order valence-electron chi connectivity index (χ2n) is 12.6. The second kappa shape index (κ2) is 31.2. The predicted molar refractivity (Wildman–Crippen MR) is 172 cm³/mol. The molecule has 0 rings (SSSR count). The molecule has 1 unspecified atom stereocenters. The van der Waals surface area contributed by atoms with Crippen LogP contribution in [0.4, 0.5) is 0 Å². The Morgan fingerprint density at radius 3 is 1.56 bits per heavy atom. The van der Waals surface area contributed by atoms with Gasteiger partial charge in [-0.1, -0.05) is 118 Å². The molecule has 0 heterocycles. The highest BCUT2D eigenvalue weighted by Crippen LogP contribution is 2.22. The number of Topliss-reactive ketones (excluding diaryl/α,β-unsaturated/α-hetero) is 2. The smallest absolute Gasteiger partial charge is 0.303 e. The van der Waals surface area contributed by atoms with Crippen LogP contribution in [0.5, 0.6) is 0 Å². The summed E-state index contributed by atoms with van der Waals surface area (Å²) in [6, 6.07) is 0. The number of carboxylic acid groups (broad SMARTS) is 1. The van der Waals surface area contributed by atoms with Gasteiger partial charge in [0.1, 0.15) is 11.6 Å². The van der Waals surface area contributed by atoms with Gasteiger partial charge in [-0.15, -0.1) is 0 Å². The van der Waals surface area contributed by atoms with Gasteiger partial charge in [-0.3, -0.25) is 19.2 Å². The maximum absolute atomic E-state index is 12.0. The predicted octanol–water partition coefficient (Wildman–Crippen LogP) is 9.47. The van der Waals surface area contributed by atoms with Crippen LogP contribution in [0.25, 0.3) is 0 Å². The van der Waals surface area contributed by atoms with Gasteiger partial charge >= 0.3 is 5.97 Å². The fourth-order valence-corrected chi connectivity index (χ4v) is 5.16. The standard InChI is InChI=1S/C21H40O3.C14H27NO2/c1-2-3-4-5-6-7-8-9-10-11-12-13-14-17-20(22)18-15-16-19-21(23)24;1-11(2)9-13(14(17)12(3)4)7-5-6-8-15-10-16/h2-19H2,1H3,(H,23,24);10-13H,5-9H2,1-4H3,(H,15,16). The van der Waals surface area contributed by atoms with Crippen molar-refractivity contribution in [3.8, 4) is 0 Å². The molecule has 41 heavy (non-hydrogen) atoms. The molecule has 6 nitrogen and oxygen atoms in total. The van der Waals surface area contributed by atoms with E-state index < -0.39 is 5.97 Å². The van der Waals surface area contributed by atoms with E-state index in [0.717, 1.165) is 51.4 Å². The Labute approximate surface area is 253 Å². The molecule has 242 valence electrons. The normalized spacial score (nSPS) is 11.7. The van der Waals surface area contributed by atoms with Crippen molar-refractivity contribution in [3.63, 3.8) is 0 Å². The third-order valence-corrected chi connectivity index (χ3v) is 7.59. The summed E-state index contributed by atoms with van der Waals surface area (Å²) in [7, 11) is 0. The zero-order chi connectivity index (χ0) is 31.1. The molecular weight excluding hydrogens is 514 g/mol. The molecular formula is C35H67NO5. The maximum Gasteiger partial charge on any atom is 0.303 e. The average Bonchev–Trinajstić information content (AvgIpc) is 2.92. The van der Waals surface area contributed by atoms with Crippen LogP contribution in [0, 0.1) is 17.8 Å². The Hall–Kier alpha value is -1.72. The number of rotatable bonds is 29. The quantitative estimate of drug-likeness (QED) is 0.0677. The molecule has 0 fully saturated rings. The number of hydrogen-bond acceptors (Lipinski definition) is 4. The molecule has 1 atom stereocenters. The van der Waals surface area contributed by atoms with E-state index in [-0.39, 0.29) is 18.3 Å². The van der Waals surface area contributed by atoms with Crippen molar-refractivity contribution in [2.45, 2.75) is 176 Å². The molecule has 2 N–H and O–H groups in total. The summed E-state index contributed by atoms with van der Waals surface area (Å²) in [6.45, 7) is 11.3. The molecule has 0 aromatic carbocycles. The minimum Gasteiger partial charge on any atom is -0.481 e. The zero-order valence-corrected chi connectivity index (χ0v) is 27.7. The summed E-state index contributed by atoms with van der Waals surface area (Å²) in [5.41, 5.74) is 0. The first-order valence-electron chi connectivity index (χ1n) is 17.1. The van der Waals surface area contributed by atoms with Crippen molar-refractivity contribution >= 4 is 23.9 Å². The van der Waals surface area contributed by atoms with Crippen LogP contribution in [0.1, 0.15) is 176 Å². The molecule has 0 saturated heterocycles. The molecule has 6 heteroatoms. The first-order chi connectivity index (χ1) is 19.6. The minimum absolute atomic E-state index is 0.131. The van der Waals surface area contributed by atoms with Gasteiger partial charge in [-0.25, -0.2) is 0 Å². The van der Waals surface area contributed by atoms with Gasteiger partial charge in [0.15, 0.2) is 0 Å². The lowest BCUT2D eigenvalue weighted by Crippen LogP contribution is -2.22. The van der Waals surface area contributed by atoms with Crippen LogP contribution >= 0.6 is 0 Å². The van der Waals surface area contributed by atoms with Gasteiger partial charge in [0, 0.05) is 37.6 Å². The Morgan fingerprint density at radius 1 is 0.659 bits per heavy atom. The largest absolute Gasteiger partial charge is 0.481 e. The lowest BCUT2D eigenvalue weighted by molar-refractivity contribution is -0.137. The fraction of sp³-hybridized carbons (Fsp3) is 0.886. The van der Waals surface area contributed by atoms with Gasteiger partial charge in [-0.05, 0) is 44.4 Å². The summed E-state index contributed by atoms with van der Waals surface area (Å²) in [4.78, 5) is 44.1. The van der Waals surface area contributed by atoms with E-state index in [9.17, 15) is 19.2 Å². The molecule has 0 aromatic heterocycles. The van der Waals surface area contributed by atoms with E-state index in [0.29, 0.717) is 43.3 Å². The molecule has 0 aromatic rings. The van der Waals surface area contributed by atoms with E-state index in [1.807, 2.05) is 13.8 Å². The summed E-state index contributed by atoms with van der Waals surface area (Å²) in [5.74, 6) is 0.832. The highest BCUT2D eigenvalue weighted by atomic mass is 16.4. The van der Waals surface area contributed by atoms with E-state index in [1.165, 1.54) is 70.6 Å². The molecule has 0 radical (unpaired) electrons. The van der Waals surface area contributed by atoms with E-state index in [1.54, 1.807) is 0 Å². The van der Waals surface area contributed by atoms with Gasteiger partial charge in [0.2, 0.25) is 6.41 Å². The first kappa shape index (κ1) is 41.4. The maximum atomic E-state index is 12.0. The van der Waals surface area contributed by atoms with Gasteiger partial charge in [0.05, 0.1) is 0 Å². The van der Waals surface area contributed by atoms with E-state index >= 15 is 0 Å². The topological polar surface area (TPSA) is 101 Å². The zero-order valence-electron chi connectivity index (χ0n) is 27.7. The lowest BCUT2D eigenvalue weighted by Gasteiger charge is -2.19. The van der Waals surface area contributed by atoms with Crippen LogP contribution in [-0.4, -0.2) is 35.6 Å². The number of nitrogens with one attached hydrogen (secondary N) is 1. The molecule has 0 aliphatic heterocycles. The Kier molecular flexibility index (Phi) is 31.5. The summed E-state index contributed by atoms with van der Waals surface area (Å²) < 4.78 is 0. The summed E-state index contributed by atoms with van der Waals surface area (Å²) in [5, 5.41) is 11.2. The van der Waals surface area contributed by atoms with Gasteiger partial charge < -0.3 is 10.4 Å². The number of carbonyl (C=O) groups excluding carboxylic acids is 3. The molecule has 1 amide bonds. The number of ketones is 2. The molecule has 0 aliphatic carbocycles. The van der Waals surface area contributed by atoms with E-state index in [4.69, 9.17) is 5.11 Å². The molecule has 0 aliphatic rings. The highest BCUT2D eigenvalue weighted by molar-refractivity contribution is 5.82. The van der Waals surface area contributed by atoms with Crippen molar-refractivity contribution in [1.82, 2.24) is 5.32 Å². The molecule has 0 spiro atoms. The number of aliphatic carboxylic acids is 1. The van der Waals surface area contributed by atoms with E-state index in [2.05, 4.69) is 26.1 Å². The molecule has 0 bridgehead atoms. The minimum atomic E-state index is -0.765. The fourth-order valence-electron chi connectivity index (χ4n) is 5.16. The van der Waals surface area contributed by atoms with Gasteiger partial charge in [0.25, 0.3) is 0 Å². The summed E-state index contributed by atoms with van der Waals surface area (Å²) >= 11 is 0. The van der Waals surface area contributed by atoms with Gasteiger partial charge in [-0.2, -0.15) is 0 Å². The summed E-state index contributed by atoms with van der Waals surface area (Å²) in [6.07, 6.45) is 24.6. The van der Waals surface area contributed by atoms with Crippen molar-refractivity contribution in [3.05, 3.63) is 0 Å². The number of unbranched alkanes of at least 4 members (excludes halogenated alkanes) is 14. The van der Waals surface area contributed by atoms with Crippen LogP contribution < -0.4 is 5.32 Å². The Bertz CT molecular complexity index is 632. The van der Waals surface area contributed by atoms with Crippen molar-refractivity contribution < 1.29 is 24.3 Å². The third kappa shape index (κ3) is 32.7. The number of carbonyl (C=O) groups is 4. The highest BCUT2D eigenvalue weighted by Gasteiger charge is 2.21. The van der Waals surface area contributed by atoms with Crippen LogP contribution in [0.3, 0.4) is 0 Å². The van der Waals surface area contributed by atoms with Crippen LogP contribution in [-0.2, 0) is 19.2 Å². The number of carboxylic acids is 1. The van der Waals surface area contributed by atoms with Crippen LogP contribution in [0.2, 0.25) is 0 Å². The number of hydrogen-bond donors (Lipinski definition) is 2. The molecule has 0 saturated carbocycles. The van der Waals surface area contributed by atoms with Crippen molar-refractivity contribution in [2.24, 2.45) is 17.8 Å². The third-order valence-electron chi connectivity index (χ3n) is 7.59. The second-order valence-corrected chi connectivity index (χ2v) is 12.6. The van der Waals surface area contributed by atoms with Crippen molar-refractivity contribution in [1.29, 1.82) is 0 Å². The SMILES string of the molecule is CC(C)CC(CCCCNC=O)C(=O)C(C)C.CCCCCCCCCCCCCCCC(=O)CCCCC(=O)O. The monoisotopic (exact) mass is 582 g/mol. The average molecular weight is 582 g/mol. The Morgan fingerprint density at radius 2 is 1.12 bits per heavy atom. The lowest BCUT2D eigenvalue weighted by atomic mass is 9.84. The van der Waals surface area contributed by atoms with Crippen LogP contribution in [0.15, 0.2) is 0 Å². The Balaban J connectivity index is 0.